The van der Waals surface area contributed by atoms with Gasteiger partial charge in [-0.15, -0.1) is 0 Å². The summed E-state index contributed by atoms with van der Waals surface area (Å²) in [6.45, 7) is 7.58. The van der Waals surface area contributed by atoms with E-state index in [0.29, 0.717) is 24.5 Å². The van der Waals surface area contributed by atoms with E-state index in [1.165, 1.54) is 11.8 Å². The van der Waals surface area contributed by atoms with Gasteiger partial charge in [0, 0.05) is 0 Å². The number of amides is 1. The van der Waals surface area contributed by atoms with Crippen molar-refractivity contribution in [3.05, 3.63) is 53.5 Å². The molecule has 2 rings (SSSR count). The molecule has 23 heavy (non-hydrogen) atoms. The molecule has 5 heteroatoms. The number of nitrogens with two attached hydrogens (primary N) is 1. The van der Waals surface area contributed by atoms with Crippen LogP contribution in [0.2, 0.25) is 0 Å². The first-order valence-electron chi connectivity index (χ1n) is 7.69. The van der Waals surface area contributed by atoms with Gasteiger partial charge in [-0.1, -0.05) is 32.9 Å². The van der Waals surface area contributed by atoms with Gasteiger partial charge in [0.25, 0.3) is 5.91 Å². The lowest BCUT2D eigenvalue weighted by Gasteiger charge is -2.19. The second-order valence-electron chi connectivity index (χ2n) is 6.39. The fourth-order valence-corrected chi connectivity index (χ4v) is 2.09. The molecule has 2 aromatic rings. The first-order chi connectivity index (χ1) is 10.9. The van der Waals surface area contributed by atoms with Crippen LogP contribution in [0.5, 0.6) is 5.75 Å². The van der Waals surface area contributed by atoms with Crippen molar-refractivity contribution in [2.75, 3.05) is 13.2 Å². The topological polar surface area (TPSA) is 77.5 Å². The van der Waals surface area contributed by atoms with Gasteiger partial charge in [-0.05, 0) is 29.2 Å². The Morgan fingerprint density at radius 2 is 2.09 bits per heavy atom. The fraction of sp³-hybridized carbons (Fsp3) is 0.389. The lowest BCUT2D eigenvalue weighted by atomic mass is 9.87. The molecule has 1 aromatic heterocycles. The quantitative estimate of drug-likeness (QED) is 0.803. The summed E-state index contributed by atoms with van der Waals surface area (Å²) >= 11 is 0. The fourth-order valence-electron chi connectivity index (χ4n) is 2.09. The SMILES string of the molecule is CC(C)(C)c1cccc(OCCNC(=O)c2coc(CN)c2)c1. The minimum Gasteiger partial charge on any atom is -0.492 e. The summed E-state index contributed by atoms with van der Waals surface area (Å²) in [6, 6.07) is 9.66. The summed E-state index contributed by atoms with van der Waals surface area (Å²) in [6.07, 6.45) is 1.41. The van der Waals surface area contributed by atoms with E-state index >= 15 is 0 Å². The molecule has 0 aliphatic heterocycles. The van der Waals surface area contributed by atoms with E-state index < -0.39 is 0 Å². The highest BCUT2D eigenvalue weighted by Crippen LogP contribution is 2.25. The van der Waals surface area contributed by atoms with Gasteiger partial charge in [-0.25, -0.2) is 0 Å². The largest absolute Gasteiger partial charge is 0.492 e. The normalized spacial score (nSPS) is 11.3. The average molecular weight is 316 g/mol. The first-order valence-corrected chi connectivity index (χ1v) is 7.69. The third kappa shape index (κ3) is 4.86. The first kappa shape index (κ1) is 17.1. The maximum Gasteiger partial charge on any atom is 0.254 e. The van der Waals surface area contributed by atoms with Gasteiger partial charge in [0.05, 0.1) is 18.7 Å². The Balaban J connectivity index is 1.80. The molecular weight excluding hydrogens is 292 g/mol. The molecule has 0 saturated heterocycles. The highest BCUT2D eigenvalue weighted by atomic mass is 16.5. The molecule has 0 unspecified atom stereocenters. The van der Waals surface area contributed by atoms with Crippen LogP contribution in [0.15, 0.2) is 41.0 Å². The number of ether oxygens (including phenoxy) is 1. The molecular formula is C18H24N2O3. The Bertz CT molecular complexity index is 656. The molecule has 124 valence electrons. The number of carbonyl (C=O) groups excluding carboxylic acids is 1. The molecule has 0 atom stereocenters. The smallest absolute Gasteiger partial charge is 0.254 e. The molecule has 0 bridgehead atoms. The van der Waals surface area contributed by atoms with Crippen LogP contribution in [0.1, 0.15) is 42.5 Å². The van der Waals surface area contributed by atoms with Gasteiger partial charge >= 0.3 is 0 Å². The minimum atomic E-state index is -0.194. The number of furan rings is 1. The summed E-state index contributed by atoms with van der Waals surface area (Å²) in [5.41, 5.74) is 7.21. The maximum absolute atomic E-state index is 11.9. The highest BCUT2D eigenvalue weighted by molar-refractivity contribution is 5.93. The molecule has 0 aliphatic carbocycles. The van der Waals surface area contributed by atoms with Crippen LogP contribution >= 0.6 is 0 Å². The minimum absolute atomic E-state index is 0.0789. The van der Waals surface area contributed by atoms with Crippen molar-refractivity contribution in [3.8, 4) is 5.75 Å². The Labute approximate surface area is 136 Å². The van der Waals surface area contributed by atoms with E-state index in [1.54, 1.807) is 6.07 Å². The van der Waals surface area contributed by atoms with E-state index in [4.69, 9.17) is 14.9 Å². The van der Waals surface area contributed by atoms with Crippen molar-refractivity contribution in [1.82, 2.24) is 5.32 Å². The summed E-state index contributed by atoms with van der Waals surface area (Å²) in [4.78, 5) is 11.9. The van der Waals surface area contributed by atoms with Crippen molar-refractivity contribution in [1.29, 1.82) is 0 Å². The van der Waals surface area contributed by atoms with Crippen LogP contribution < -0.4 is 15.8 Å². The van der Waals surface area contributed by atoms with Crippen LogP contribution in [-0.4, -0.2) is 19.1 Å². The van der Waals surface area contributed by atoms with Crippen LogP contribution in [-0.2, 0) is 12.0 Å². The molecule has 0 fully saturated rings. The monoisotopic (exact) mass is 316 g/mol. The van der Waals surface area contributed by atoms with Crippen molar-refractivity contribution < 1.29 is 13.9 Å². The zero-order chi connectivity index (χ0) is 16.9. The zero-order valence-corrected chi connectivity index (χ0v) is 13.9. The standard InChI is InChI=1S/C18H24N2O3/c1-18(2,3)14-5-4-6-15(10-14)22-8-7-20-17(21)13-9-16(11-19)23-12-13/h4-6,9-10,12H,7-8,11,19H2,1-3H3,(H,20,21). The zero-order valence-electron chi connectivity index (χ0n) is 13.9. The lowest BCUT2D eigenvalue weighted by Crippen LogP contribution is -2.27. The summed E-state index contributed by atoms with van der Waals surface area (Å²) in [7, 11) is 0. The number of nitrogens with one attached hydrogen (secondary N) is 1. The van der Waals surface area contributed by atoms with Gasteiger partial charge in [-0.2, -0.15) is 0 Å². The number of carbonyl (C=O) groups is 1. The number of benzene rings is 1. The second kappa shape index (κ2) is 7.33. The van der Waals surface area contributed by atoms with Crippen molar-refractivity contribution >= 4 is 5.91 Å². The molecule has 5 nitrogen and oxygen atoms in total. The predicted molar refractivity (Wildman–Crippen MR) is 89.6 cm³/mol. The van der Waals surface area contributed by atoms with E-state index in [-0.39, 0.29) is 17.9 Å². The summed E-state index contributed by atoms with van der Waals surface area (Å²) in [5.74, 6) is 1.20. The Hall–Kier alpha value is -2.27. The molecule has 1 amide bonds. The van der Waals surface area contributed by atoms with Crippen LogP contribution in [0.3, 0.4) is 0 Å². The highest BCUT2D eigenvalue weighted by Gasteiger charge is 2.14. The van der Waals surface area contributed by atoms with Crippen LogP contribution in [0, 0.1) is 0 Å². The Kier molecular flexibility index (Phi) is 5.45. The molecule has 1 aromatic carbocycles. The van der Waals surface area contributed by atoms with E-state index in [2.05, 4.69) is 32.2 Å². The van der Waals surface area contributed by atoms with E-state index in [0.717, 1.165) is 5.75 Å². The Morgan fingerprint density at radius 1 is 1.30 bits per heavy atom. The van der Waals surface area contributed by atoms with E-state index in [1.807, 2.05) is 18.2 Å². The number of hydrogen-bond acceptors (Lipinski definition) is 4. The molecule has 3 N–H and O–H groups in total. The molecule has 0 aliphatic rings. The average Bonchev–Trinajstić information content (AvgIpc) is 3.00. The molecule has 0 spiro atoms. The predicted octanol–water partition coefficient (Wildman–Crippen LogP) is 2.84. The molecule has 1 heterocycles. The van der Waals surface area contributed by atoms with E-state index in [9.17, 15) is 4.79 Å². The molecule has 0 saturated carbocycles. The van der Waals surface area contributed by atoms with Gasteiger partial charge in [0.2, 0.25) is 0 Å². The third-order valence-corrected chi connectivity index (χ3v) is 3.47. The molecule has 0 radical (unpaired) electrons. The third-order valence-electron chi connectivity index (χ3n) is 3.47. The van der Waals surface area contributed by atoms with Gasteiger partial charge in [0.15, 0.2) is 0 Å². The second-order valence-corrected chi connectivity index (χ2v) is 6.39. The number of rotatable bonds is 6. The van der Waals surface area contributed by atoms with Crippen molar-refractivity contribution in [2.45, 2.75) is 32.7 Å². The van der Waals surface area contributed by atoms with Gasteiger partial charge < -0.3 is 20.2 Å². The van der Waals surface area contributed by atoms with Crippen LogP contribution in [0.4, 0.5) is 0 Å². The van der Waals surface area contributed by atoms with Crippen molar-refractivity contribution in [2.24, 2.45) is 5.73 Å². The van der Waals surface area contributed by atoms with Crippen LogP contribution in [0.25, 0.3) is 0 Å². The summed E-state index contributed by atoms with van der Waals surface area (Å²) in [5, 5.41) is 2.79. The maximum atomic E-state index is 11.9. The van der Waals surface area contributed by atoms with Crippen molar-refractivity contribution in [3.63, 3.8) is 0 Å². The Morgan fingerprint density at radius 3 is 2.74 bits per heavy atom. The lowest BCUT2D eigenvalue weighted by molar-refractivity contribution is 0.0946. The summed E-state index contributed by atoms with van der Waals surface area (Å²) < 4.78 is 10.8. The van der Waals surface area contributed by atoms with Gasteiger partial charge in [-0.3, -0.25) is 4.79 Å². The number of hydrogen-bond donors (Lipinski definition) is 2. The van der Waals surface area contributed by atoms with Gasteiger partial charge in [0.1, 0.15) is 24.4 Å².